The van der Waals surface area contributed by atoms with Crippen LogP contribution in [0.15, 0.2) is 18.5 Å². The van der Waals surface area contributed by atoms with Crippen molar-refractivity contribution < 1.29 is 4.79 Å². The van der Waals surface area contributed by atoms with Gasteiger partial charge < -0.3 is 5.73 Å². The number of hydrogen-bond donors (Lipinski definition) is 1. The van der Waals surface area contributed by atoms with Crippen LogP contribution in [-0.2, 0) is 4.79 Å². The van der Waals surface area contributed by atoms with Gasteiger partial charge in [-0.3, -0.25) is 9.78 Å². The van der Waals surface area contributed by atoms with Gasteiger partial charge >= 0.3 is 0 Å². The first-order valence-electron chi connectivity index (χ1n) is 5.88. The lowest BCUT2D eigenvalue weighted by atomic mass is 9.78. The summed E-state index contributed by atoms with van der Waals surface area (Å²) in [6, 6.07) is 2.10. The predicted octanol–water partition coefficient (Wildman–Crippen LogP) is 2.15. The van der Waals surface area contributed by atoms with Crippen molar-refractivity contribution in [2.24, 2.45) is 11.7 Å². The van der Waals surface area contributed by atoms with Crippen molar-refractivity contribution >= 4 is 5.91 Å². The second kappa shape index (κ2) is 4.64. The van der Waals surface area contributed by atoms with Gasteiger partial charge in [0, 0.05) is 18.3 Å². The molecule has 0 atom stereocenters. The Hall–Kier alpha value is -1.38. The molecule has 3 heteroatoms. The summed E-state index contributed by atoms with van der Waals surface area (Å²) in [4.78, 5) is 15.2. The third kappa shape index (κ3) is 2.23. The van der Waals surface area contributed by atoms with Crippen LogP contribution < -0.4 is 5.73 Å². The highest BCUT2D eigenvalue weighted by atomic mass is 16.1. The van der Waals surface area contributed by atoms with E-state index in [-0.39, 0.29) is 11.8 Å². The molecule has 2 N–H and O–H groups in total. The number of aromatic nitrogens is 1. The maximum Gasteiger partial charge on any atom is 0.220 e. The number of amides is 1. The van der Waals surface area contributed by atoms with E-state index in [0.29, 0.717) is 5.92 Å². The van der Waals surface area contributed by atoms with E-state index in [9.17, 15) is 4.79 Å². The third-order valence-electron chi connectivity index (χ3n) is 3.63. The largest absolute Gasteiger partial charge is 0.369 e. The maximum absolute atomic E-state index is 11.1. The summed E-state index contributed by atoms with van der Waals surface area (Å²) in [5.74, 6) is 0.543. The molecular formula is C13H18N2O. The normalized spacial score (nSPS) is 25.3. The summed E-state index contributed by atoms with van der Waals surface area (Å²) in [6.45, 7) is 2.10. The standard InChI is InChI=1S/C13H18N2O/c1-9-8-15-7-6-12(9)10-2-4-11(5-3-10)13(14)16/h6-8,10-11H,2-5H2,1H3,(H2,14,16). The Balaban J connectivity index is 2.05. The van der Waals surface area contributed by atoms with E-state index in [4.69, 9.17) is 5.73 Å². The quantitative estimate of drug-likeness (QED) is 0.826. The van der Waals surface area contributed by atoms with Gasteiger partial charge in [0.1, 0.15) is 0 Å². The highest BCUT2D eigenvalue weighted by Gasteiger charge is 2.26. The Morgan fingerprint density at radius 2 is 2.06 bits per heavy atom. The van der Waals surface area contributed by atoms with Crippen molar-refractivity contribution in [1.29, 1.82) is 0 Å². The summed E-state index contributed by atoms with van der Waals surface area (Å²) < 4.78 is 0. The van der Waals surface area contributed by atoms with E-state index in [1.54, 1.807) is 0 Å². The molecule has 0 saturated heterocycles. The smallest absolute Gasteiger partial charge is 0.220 e. The van der Waals surface area contributed by atoms with Crippen LogP contribution in [0, 0.1) is 12.8 Å². The van der Waals surface area contributed by atoms with Crippen molar-refractivity contribution in [2.75, 3.05) is 0 Å². The van der Waals surface area contributed by atoms with Crippen molar-refractivity contribution in [3.8, 4) is 0 Å². The lowest BCUT2D eigenvalue weighted by Crippen LogP contribution is -2.27. The minimum Gasteiger partial charge on any atom is -0.369 e. The molecule has 1 saturated carbocycles. The number of nitrogens with zero attached hydrogens (tertiary/aromatic N) is 1. The highest BCUT2D eigenvalue weighted by molar-refractivity contribution is 5.76. The molecule has 1 aliphatic carbocycles. The number of carbonyl (C=O) groups is 1. The molecule has 0 unspecified atom stereocenters. The maximum atomic E-state index is 11.1. The minimum absolute atomic E-state index is 0.0957. The zero-order valence-electron chi connectivity index (χ0n) is 9.65. The highest BCUT2D eigenvalue weighted by Crippen LogP contribution is 2.36. The third-order valence-corrected chi connectivity index (χ3v) is 3.63. The van der Waals surface area contributed by atoms with Crippen LogP contribution in [0.4, 0.5) is 0 Å². The molecule has 0 aliphatic heterocycles. The van der Waals surface area contributed by atoms with Gasteiger partial charge in [0.05, 0.1) is 0 Å². The van der Waals surface area contributed by atoms with Crippen LogP contribution in [0.1, 0.15) is 42.7 Å². The van der Waals surface area contributed by atoms with Crippen LogP contribution >= 0.6 is 0 Å². The van der Waals surface area contributed by atoms with E-state index in [2.05, 4.69) is 18.0 Å². The second-order valence-electron chi connectivity index (χ2n) is 4.68. The van der Waals surface area contributed by atoms with Gasteiger partial charge in [-0.25, -0.2) is 0 Å². The molecule has 1 aliphatic rings. The Morgan fingerprint density at radius 3 is 2.62 bits per heavy atom. The number of carbonyl (C=O) groups excluding carboxylic acids is 1. The Morgan fingerprint density at radius 1 is 1.38 bits per heavy atom. The fourth-order valence-electron chi connectivity index (χ4n) is 2.63. The van der Waals surface area contributed by atoms with Gasteiger partial charge in [0.2, 0.25) is 5.91 Å². The van der Waals surface area contributed by atoms with Crippen molar-refractivity contribution in [1.82, 2.24) is 4.98 Å². The second-order valence-corrected chi connectivity index (χ2v) is 4.68. The first-order valence-corrected chi connectivity index (χ1v) is 5.88. The van der Waals surface area contributed by atoms with E-state index < -0.39 is 0 Å². The molecule has 16 heavy (non-hydrogen) atoms. The van der Waals surface area contributed by atoms with Crippen LogP contribution in [0.2, 0.25) is 0 Å². The van der Waals surface area contributed by atoms with Gasteiger partial charge in [-0.15, -0.1) is 0 Å². The summed E-state index contributed by atoms with van der Waals surface area (Å²) in [6.07, 6.45) is 7.76. The molecule has 0 radical (unpaired) electrons. The van der Waals surface area contributed by atoms with Crippen molar-refractivity contribution in [3.63, 3.8) is 0 Å². The number of rotatable bonds is 2. The molecule has 2 rings (SSSR count). The molecule has 3 nitrogen and oxygen atoms in total. The van der Waals surface area contributed by atoms with Crippen molar-refractivity contribution in [2.45, 2.75) is 38.5 Å². The fourth-order valence-corrected chi connectivity index (χ4v) is 2.63. The molecule has 1 fully saturated rings. The molecule has 1 amide bonds. The molecule has 1 aromatic rings. The topological polar surface area (TPSA) is 56.0 Å². The van der Waals surface area contributed by atoms with Gasteiger partial charge in [-0.05, 0) is 55.7 Å². The van der Waals surface area contributed by atoms with E-state index in [1.165, 1.54) is 11.1 Å². The molecule has 1 heterocycles. The Labute approximate surface area is 96.1 Å². The first-order chi connectivity index (χ1) is 7.68. The number of pyridine rings is 1. The molecule has 86 valence electrons. The van der Waals surface area contributed by atoms with Crippen LogP contribution in [0.5, 0.6) is 0 Å². The summed E-state index contributed by atoms with van der Waals surface area (Å²) in [7, 11) is 0. The van der Waals surface area contributed by atoms with Crippen LogP contribution in [0.25, 0.3) is 0 Å². The lowest BCUT2D eigenvalue weighted by molar-refractivity contribution is -0.122. The predicted molar refractivity (Wildman–Crippen MR) is 62.9 cm³/mol. The molecule has 1 aromatic heterocycles. The number of nitrogens with two attached hydrogens (primary N) is 1. The molecule has 0 bridgehead atoms. The fraction of sp³-hybridized carbons (Fsp3) is 0.538. The molecule has 0 spiro atoms. The van der Waals surface area contributed by atoms with Crippen LogP contribution in [-0.4, -0.2) is 10.9 Å². The zero-order valence-corrected chi connectivity index (χ0v) is 9.65. The monoisotopic (exact) mass is 218 g/mol. The average Bonchev–Trinajstić information content (AvgIpc) is 2.30. The summed E-state index contributed by atoms with van der Waals surface area (Å²) in [5, 5.41) is 0. The number of primary amides is 1. The van der Waals surface area contributed by atoms with Crippen LogP contribution in [0.3, 0.4) is 0 Å². The Bertz CT molecular complexity index is 381. The summed E-state index contributed by atoms with van der Waals surface area (Å²) >= 11 is 0. The van der Waals surface area contributed by atoms with Gasteiger partial charge in [0.25, 0.3) is 0 Å². The first kappa shape index (κ1) is 11.1. The van der Waals surface area contributed by atoms with Gasteiger partial charge in [-0.2, -0.15) is 0 Å². The van der Waals surface area contributed by atoms with E-state index in [0.717, 1.165) is 25.7 Å². The van der Waals surface area contributed by atoms with E-state index in [1.807, 2.05) is 12.4 Å². The average molecular weight is 218 g/mol. The summed E-state index contributed by atoms with van der Waals surface area (Å²) in [5.41, 5.74) is 7.97. The number of hydrogen-bond acceptors (Lipinski definition) is 2. The van der Waals surface area contributed by atoms with E-state index >= 15 is 0 Å². The van der Waals surface area contributed by atoms with Crippen molar-refractivity contribution in [3.05, 3.63) is 29.6 Å². The zero-order chi connectivity index (χ0) is 11.5. The van der Waals surface area contributed by atoms with Gasteiger partial charge in [-0.1, -0.05) is 0 Å². The SMILES string of the molecule is Cc1cnccc1C1CCC(C(N)=O)CC1. The lowest BCUT2D eigenvalue weighted by Gasteiger charge is -2.27. The Kier molecular flexibility index (Phi) is 3.22. The minimum atomic E-state index is -0.134. The molecular weight excluding hydrogens is 200 g/mol. The number of aryl methyl sites for hydroxylation is 1. The van der Waals surface area contributed by atoms with Gasteiger partial charge in [0.15, 0.2) is 0 Å². The molecule has 0 aromatic carbocycles.